The fourth-order valence-electron chi connectivity index (χ4n) is 2.66. The van der Waals surface area contributed by atoms with Crippen LogP contribution in [0.2, 0.25) is 0 Å². The fraction of sp³-hybridized carbons (Fsp3) is 0.300. The Hall–Kier alpha value is -2.33. The second-order valence-electron chi connectivity index (χ2n) is 5.86. The number of halogens is 1. The summed E-state index contributed by atoms with van der Waals surface area (Å²) in [4.78, 5) is 8.64. The molecule has 5 heteroatoms. The molecular weight excluding hydrogens is 334 g/mol. The molecule has 25 heavy (non-hydrogen) atoms. The van der Waals surface area contributed by atoms with Crippen LogP contribution in [0.5, 0.6) is 5.75 Å². The molecule has 0 aliphatic carbocycles. The zero-order valence-electron chi connectivity index (χ0n) is 14.7. The van der Waals surface area contributed by atoms with Crippen LogP contribution in [0.1, 0.15) is 35.6 Å². The minimum Gasteiger partial charge on any atom is -0.508 e. The Balaban J connectivity index is 2.33. The van der Waals surface area contributed by atoms with E-state index in [-0.39, 0.29) is 11.8 Å². The zero-order chi connectivity index (χ0) is 18.2. The van der Waals surface area contributed by atoms with Crippen LogP contribution >= 0.6 is 11.6 Å². The van der Waals surface area contributed by atoms with Crippen LogP contribution in [0, 0.1) is 6.92 Å². The maximum absolute atomic E-state index is 10.0. The van der Waals surface area contributed by atoms with Gasteiger partial charge in [0.05, 0.1) is 12.5 Å². The summed E-state index contributed by atoms with van der Waals surface area (Å²) in [5, 5.41) is 13.1. The van der Waals surface area contributed by atoms with Gasteiger partial charge in [0.1, 0.15) is 5.75 Å². The van der Waals surface area contributed by atoms with Crippen LogP contribution < -0.4 is 5.32 Å². The predicted molar refractivity (Wildman–Crippen MR) is 107 cm³/mol. The van der Waals surface area contributed by atoms with E-state index in [4.69, 9.17) is 11.6 Å². The highest BCUT2D eigenvalue weighted by Gasteiger charge is 2.11. The van der Waals surface area contributed by atoms with Crippen molar-refractivity contribution in [2.24, 2.45) is 9.98 Å². The lowest BCUT2D eigenvalue weighted by molar-refractivity contribution is 0.471. The van der Waals surface area contributed by atoms with Crippen LogP contribution in [-0.4, -0.2) is 23.7 Å². The monoisotopic (exact) mass is 357 g/mol. The number of aliphatic imine (C=N–C) groups is 2. The number of nitrogens with zero attached hydrogens (tertiary/aromatic N) is 2. The quantitative estimate of drug-likeness (QED) is 0.243. The molecule has 0 aliphatic heterocycles. The van der Waals surface area contributed by atoms with Gasteiger partial charge in [-0.15, -0.1) is 11.6 Å². The van der Waals surface area contributed by atoms with Gasteiger partial charge in [-0.3, -0.25) is 4.99 Å². The van der Waals surface area contributed by atoms with E-state index in [1.807, 2.05) is 19.1 Å². The van der Waals surface area contributed by atoms with Gasteiger partial charge >= 0.3 is 0 Å². The molecule has 2 N–H and O–H groups in total. The lowest BCUT2D eigenvalue weighted by atomic mass is 10.1. The van der Waals surface area contributed by atoms with Gasteiger partial charge in [-0.05, 0) is 48.9 Å². The van der Waals surface area contributed by atoms with E-state index in [1.165, 1.54) is 5.56 Å². The average molecular weight is 358 g/mol. The molecule has 2 aromatic rings. The number of rotatable bonds is 7. The van der Waals surface area contributed by atoms with E-state index in [2.05, 4.69) is 47.1 Å². The molecule has 2 aromatic carbocycles. The molecule has 0 saturated heterocycles. The van der Waals surface area contributed by atoms with Gasteiger partial charge in [-0.25, -0.2) is 4.99 Å². The Morgan fingerprint density at radius 1 is 1.24 bits per heavy atom. The lowest BCUT2D eigenvalue weighted by Crippen LogP contribution is -2.06. The van der Waals surface area contributed by atoms with E-state index in [0.717, 1.165) is 29.7 Å². The number of phenolic OH excluding ortho intramolecular Hbond substituents is 1. The Morgan fingerprint density at radius 2 is 2.00 bits per heavy atom. The van der Waals surface area contributed by atoms with Crippen molar-refractivity contribution in [3.63, 3.8) is 0 Å². The van der Waals surface area contributed by atoms with Gasteiger partial charge in [0.2, 0.25) is 0 Å². The number of hydrogen-bond donors (Lipinski definition) is 2. The summed E-state index contributed by atoms with van der Waals surface area (Å²) >= 11 is 5.81. The molecule has 0 saturated carbocycles. The molecule has 4 nitrogen and oxygen atoms in total. The molecule has 0 aliphatic rings. The summed E-state index contributed by atoms with van der Waals surface area (Å²) in [6.45, 7) is 8.12. The van der Waals surface area contributed by atoms with Gasteiger partial charge in [0.25, 0.3) is 0 Å². The molecule has 0 atom stereocenters. The van der Waals surface area contributed by atoms with Crippen molar-refractivity contribution >= 4 is 29.8 Å². The number of anilines is 1. The fourth-order valence-corrected chi connectivity index (χ4v) is 2.80. The Morgan fingerprint density at radius 3 is 2.68 bits per heavy atom. The topological polar surface area (TPSA) is 57.0 Å². The molecule has 0 amide bonds. The summed E-state index contributed by atoms with van der Waals surface area (Å²) in [6.07, 6.45) is 2.17. The van der Waals surface area contributed by atoms with Crippen molar-refractivity contribution in [3.8, 4) is 5.75 Å². The normalized spacial score (nSPS) is 11.4. The minimum absolute atomic E-state index is 0.191. The highest BCUT2D eigenvalue weighted by Crippen LogP contribution is 2.27. The van der Waals surface area contributed by atoms with E-state index in [0.29, 0.717) is 17.9 Å². The number of aromatic hydroxyl groups is 1. The van der Waals surface area contributed by atoms with Crippen LogP contribution in [0.3, 0.4) is 0 Å². The lowest BCUT2D eigenvalue weighted by Gasteiger charge is -2.12. The van der Waals surface area contributed by atoms with Crippen LogP contribution in [0.4, 0.5) is 5.69 Å². The Kier molecular flexibility index (Phi) is 7.02. The molecule has 0 aromatic heterocycles. The molecule has 0 unspecified atom stereocenters. The highest BCUT2D eigenvalue weighted by molar-refractivity contribution is 6.19. The first kappa shape index (κ1) is 19.0. The average Bonchev–Trinajstić information content (AvgIpc) is 2.60. The third-order valence-electron chi connectivity index (χ3n) is 3.93. The van der Waals surface area contributed by atoms with Gasteiger partial charge in [0.15, 0.2) is 5.84 Å². The van der Waals surface area contributed by atoms with E-state index in [1.54, 1.807) is 6.07 Å². The number of aryl methyl sites for hydroxylation is 2. The van der Waals surface area contributed by atoms with Gasteiger partial charge in [-0.1, -0.05) is 37.6 Å². The van der Waals surface area contributed by atoms with Crippen LogP contribution in [0.25, 0.3) is 0 Å². The first-order chi connectivity index (χ1) is 12.1. The number of phenols is 1. The summed E-state index contributed by atoms with van der Waals surface area (Å²) in [6, 6.07) is 12.1. The SMILES string of the molecule is C=NC(=NCc1cccc(CCC)c1)c1cc(O)c(C)cc1NCCl. The molecule has 132 valence electrons. The van der Waals surface area contributed by atoms with E-state index in [9.17, 15) is 5.11 Å². The predicted octanol–water partition coefficient (Wildman–Crippen LogP) is 4.91. The number of hydrogen-bond acceptors (Lipinski definition) is 3. The third kappa shape index (κ3) is 5.07. The van der Waals surface area contributed by atoms with Crippen molar-refractivity contribution in [1.29, 1.82) is 0 Å². The number of alkyl halides is 1. The number of benzene rings is 2. The Labute approximate surface area is 154 Å². The third-order valence-corrected chi connectivity index (χ3v) is 4.06. The van der Waals surface area contributed by atoms with Gasteiger partial charge in [-0.2, -0.15) is 0 Å². The second kappa shape index (κ2) is 9.23. The van der Waals surface area contributed by atoms with Crippen molar-refractivity contribution < 1.29 is 5.11 Å². The zero-order valence-corrected chi connectivity index (χ0v) is 15.5. The summed E-state index contributed by atoms with van der Waals surface area (Å²) < 4.78 is 0. The summed E-state index contributed by atoms with van der Waals surface area (Å²) in [5.41, 5.74) is 4.64. The molecule has 0 fully saturated rings. The van der Waals surface area contributed by atoms with E-state index >= 15 is 0 Å². The first-order valence-electron chi connectivity index (χ1n) is 8.31. The number of nitrogens with one attached hydrogen (secondary N) is 1. The minimum atomic E-state index is 0.191. The first-order valence-corrected chi connectivity index (χ1v) is 8.85. The Bertz CT molecular complexity index is 772. The number of amidine groups is 1. The molecule has 0 bridgehead atoms. The smallest absolute Gasteiger partial charge is 0.156 e. The molecular formula is C20H24ClN3O. The van der Waals surface area contributed by atoms with Crippen LogP contribution in [0.15, 0.2) is 46.4 Å². The van der Waals surface area contributed by atoms with Crippen LogP contribution in [-0.2, 0) is 13.0 Å². The summed E-state index contributed by atoms with van der Waals surface area (Å²) in [7, 11) is 0. The van der Waals surface area contributed by atoms with Gasteiger partial charge < -0.3 is 10.4 Å². The van der Waals surface area contributed by atoms with E-state index < -0.39 is 0 Å². The maximum Gasteiger partial charge on any atom is 0.156 e. The molecule has 2 rings (SSSR count). The van der Waals surface area contributed by atoms with Crippen molar-refractivity contribution in [1.82, 2.24) is 0 Å². The molecule has 0 radical (unpaired) electrons. The standard InChI is InChI=1S/C20H24ClN3O/c1-4-6-15-7-5-8-16(10-15)12-23-20(22-3)17-11-19(25)14(2)9-18(17)24-13-21/h5,7-11,24-25H,3-4,6,12-13H2,1-2H3. The second-order valence-corrected chi connectivity index (χ2v) is 6.13. The van der Waals surface area contributed by atoms with Crippen molar-refractivity contribution in [2.45, 2.75) is 33.2 Å². The largest absolute Gasteiger partial charge is 0.508 e. The molecule has 0 spiro atoms. The summed E-state index contributed by atoms with van der Waals surface area (Å²) in [5.74, 6) is 0.667. The van der Waals surface area contributed by atoms with Gasteiger partial charge in [0, 0.05) is 11.3 Å². The van der Waals surface area contributed by atoms with Crippen molar-refractivity contribution in [2.75, 3.05) is 11.3 Å². The highest BCUT2D eigenvalue weighted by atomic mass is 35.5. The van der Waals surface area contributed by atoms with Crippen molar-refractivity contribution in [3.05, 3.63) is 58.7 Å². The maximum atomic E-state index is 10.0. The molecule has 0 heterocycles.